The van der Waals surface area contributed by atoms with Crippen molar-refractivity contribution < 1.29 is 9.53 Å². The van der Waals surface area contributed by atoms with Gasteiger partial charge in [-0.1, -0.05) is 0 Å². The smallest absolute Gasteiger partial charge is 0.407 e. The van der Waals surface area contributed by atoms with Crippen LogP contribution < -0.4 is 10.6 Å². The van der Waals surface area contributed by atoms with Crippen LogP contribution in [0.25, 0.3) is 0 Å². The topological polar surface area (TPSA) is 50.4 Å². The van der Waals surface area contributed by atoms with E-state index in [2.05, 4.69) is 10.6 Å². The average Bonchev–Trinajstić information content (AvgIpc) is 2.57. The van der Waals surface area contributed by atoms with Crippen LogP contribution in [0.3, 0.4) is 0 Å². The number of amides is 1. The summed E-state index contributed by atoms with van der Waals surface area (Å²) in [6.45, 7) is 6.39. The van der Waals surface area contributed by atoms with E-state index in [9.17, 15) is 4.79 Å². The first-order valence-corrected chi connectivity index (χ1v) is 6.67. The van der Waals surface area contributed by atoms with Crippen LogP contribution in [0, 0.1) is 5.92 Å². The molecule has 2 saturated heterocycles. The summed E-state index contributed by atoms with van der Waals surface area (Å²) in [6.07, 6.45) is 4.73. The second-order valence-corrected chi connectivity index (χ2v) is 6.27. The number of carbonyl (C=O) groups excluding carboxylic acids is 1. The van der Waals surface area contributed by atoms with Crippen LogP contribution in [-0.4, -0.2) is 30.3 Å². The summed E-state index contributed by atoms with van der Waals surface area (Å²) in [5, 5.41) is 6.51. The number of fused-ring (bicyclic) bond motifs is 2. The van der Waals surface area contributed by atoms with Gasteiger partial charge in [-0.05, 0) is 52.4 Å². The normalized spacial score (nSPS) is 32.3. The van der Waals surface area contributed by atoms with E-state index in [0.717, 1.165) is 12.6 Å². The maximum atomic E-state index is 11.6. The first-order chi connectivity index (χ1) is 7.94. The van der Waals surface area contributed by atoms with Crippen molar-refractivity contribution in [3.05, 3.63) is 0 Å². The molecule has 2 bridgehead atoms. The zero-order valence-corrected chi connectivity index (χ0v) is 11.1. The molecule has 2 aliphatic rings. The fourth-order valence-electron chi connectivity index (χ4n) is 2.84. The van der Waals surface area contributed by atoms with Gasteiger partial charge in [0.25, 0.3) is 0 Å². The number of nitrogens with one attached hydrogen (secondary N) is 2. The van der Waals surface area contributed by atoms with Crippen molar-refractivity contribution in [1.29, 1.82) is 0 Å². The molecule has 17 heavy (non-hydrogen) atoms. The summed E-state index contributed by atoms with van der Waals surface area (Å²) in [5.74, 6) is 0.571. The van der Waals surface area contributed by atoms with E-state index >= 15 is 0 Å². The zero-order chi connectivity index (χ0) is 12.5. The van der Waals surface area contributed by atoms with Crippen LogP contribution in [0.15, 0.2) is 0 Å². The second kappa shape index (κ2) is 4.84. The predicted octanol–water partition coefficient (Wildman–Crippen LogP) is 2.04. The van der Waals surface area contributed by atoms with Gasteiger partial charge in [-0.3, -0.25) is 0 Å². The molecule has 1 amide bonds. The highest BCUT2D eigenvalue weighted by Crippen LogP contribution is 2.30. The average molecular weight is 240 g/mol. The van der Waals surface area contributed by atoms with Gasteiger partial charge in [0.2, 0.25) is 0 Å². The number of hydrogen-bond acceptors (Lipinski definition) is 3. The van der Waals surface area contributed by atoms with E-state index in [1.165, 1.54) is 25.7 Å². The molecule has 2 heterocycles. The van der Waals surface area contributed by atoms with Crippen molar-refractivity contribution in [2.45, 2.75) is 64.1 Å². The molecule has 0 aromatic heterocycles. The molecule has 4 nitrogen and oxygen atoms in total. The van der Waals surface area contributed by atoms with Gasteiger partial charge in [-0.15, -0.1) is 0 Å². The van der Waals surface area contributed by atoms with Gasteiger partial charge in [0, 0.05) is 18.6 Å². The fraction of sp³-hybridized carbons (Fsp3) is 0.923. The van der Waals surface area contributed by atoms with Crippen LogP contribution in [0.4, 0.5) is 4.79 Å². The molecule has 3 atom stereocenters. The molecule has 0 aliphatic carbocycles. The molecule has 2 aliphatic heterocycles. The van der Waals surface area contributed by atoms with Crippen LogP contribution in [0.2, 0.25) is 0 Å². The number of carbonyl (C=O) groups is 1. The minimum Gasteiger partial charge on any atom is -0.444 e. The molecule has 0 saturated carbocycles. The first kappa shape index (κ1) is 12.7. The Morgan fingerprint density at radius 2 is 2.00 bits per heavy atom. The van der Waals surface area contributed by atoms with Crippen LogP contribution in [0.5, 0.6) is 0 Å². The maximum absolute atomic E-state index is 11.6. The number of alkyl carbamates (subject to hydrolysis) is 1. The highest BCUT2D eigenvalue weighted by molar-refractivity contribution is 5.67. The molecule has 2 fully saturated rings. The van der Waals surface area contributed by atoms with E-state index in [1.807, 2.05) is 20.8 Å². The molecular formula is C13H24N2O2. The lowest BCUT2D eigenvalue weighted by molar-refractivity contribution is 0.0512. The Hall–Kier alpha value is -0.770. The Labute approximate surface area is 103 Å². The summed E-state index contributed by atoms with van der Waals surface area (Å²) >= 11 is 0. The standard InChI is InChI=1S/C13H24N2O2/c1-13(2,3)17-12(16)14-8-9-4-5-10-6-7-11(9)15-10/h9-11,15H,4-8H2,1-3H3,(H,14,16)/t9-,10+,11-/m1/s1. The van der Waals surface area contributed by atoms with E-state index < -0.39 is 5.60 Å². The molecule has 0 spiro atoms. The summed E-state index contributed by atoms with van der Waals surface area (Å²) in [7, 11) is 0. The molecule has 2 rings (SSSR count). The van der Waals surface area contributed by atoms with Gasteiger partial charge in [-0.2, -0.15) is 0 Å². The van der Waals surface area contributed by atoms with E-state index in [0.29, 0.717) is 12.0 Å². The van der Waals surface area contributed by atoms with Crippen molar-refractivity contribution in [2.24, 2.45) is 5.92 Å². The number of piperidine rings is 1. The Kier molecular flexibility index (Phi) is 3.61. The third-order valence-electron chi connectivity index (χ3n) is 3.64. The highest BCUT2D eigenvalue weighted by atomic mass is 16.6. The van der Waals surface area contributed by atoms with E-state index in [4.69, 9.17) is 4.74 Å². The van der Waals surface area contributed by atoms with Crippen LogP contribution in [-0.2, 0) is 4.74 Å². The summed E-state index contributed by atoms with van der Waals surface area (Å²) in [5.41, 5.74) is -0.409. The van der Waals surface area contributed by atoms with Crippen molar-refractivity contribution in [2.75, 3.05) is 6.54 Å². The second-order valence-electron chi connectivity index (χ2n) is 6.27. The molecule has 0 radical (unpaired) electrons. The monoisotopic (exact) mass is 240 g/mol. The maximum Gasteiger partial charge on any atom is 0.407 e. The number of ether oxygens (including phenoxy) is 1. The largest absolute Gasteiger partial charge is 0.444 e. The Morgan fingerprint density at radius 1 is 1.29 bits per heavy atom. The van der Waals surface area contributed by atoms with Crippen LogP contribution in [0.1, 0.15) is 46.5 Å². The highest BCUT2D eigenvalue weighted by Gasteiger charge is 2.35. The van der Waals surface area contributed by atoms with Gasteiger partial charge in [0.1, 0.15) is 5.60 Å². The lowest BCUT2D eigenvalue weighted by Crippen LogP contribution is -2.45. The molecule has 0 aromatic rings. The number of rotatable bonds is 2. The zero-order valence-electron chi connectivity index (χ0n) is 11.1. The lowest BCUT2D eigenvalue weighted by atomic mass is 9.92. The SMILES string of the molecule is CC(C)(C)OC(=O)NC[C@H]1CC[C@H]2CC[C@H]1N2. The van der Waals surface area contributed by atoms with Gasteiger partial charge in [0.15, 0.2) is 0 Å². The molecule has 0 aromatic carbocycles. The minimum absolute atomic E-state index is 0.294. The first-order valence-electron chi connectivity index (χ1n) is 6.67. The summed E-state index contributed by atoms with van der Waals surface area (Å²) < 4.78 is 5.24. The molecule has 4 heteroatoms. The summed E-state index contributed by atoms with van der Waals surface area (Å²) in [6, 6.07) is 1.33. The quantitative estimate of drug-likeness (QED) is 0.776. The van der Waals surface area contributed by atoms with Crippen LogP contribution >= 0.6 is 0 Å². The Bertz CT molecular complexity index is 286. The van der Waals surface area contributed by atoms with Crippen molar-refractivity contribution in [3.63, 3.8) is 0 Å². The number of hydrogen-bond donors (Lipinski definition) is 2. The molecule has 0 unspecified atom stereocenters. The van der Waals surface area contributed by atoms with Gasteiger partial charge in [-0.25, -0.2) is 4.79 Å². The van der Waals surface area contributed by atoms with Crippen molar-refractivity contribution >= 4 is 6.09 Å². The minimum atomic E-state index is -0.409. The van der Waals surface area contributed by atoms with E-state index in [-0.39, 0.29) is 6.09 Å². The predicted molar refractivity (Wildman–Crippen MR) is 66.9 cm³/mol. The molecule has 98 valence electrons. The molecular weight excluding hydrogens is 216 g/mol. The van der Waals surface area contributed by atoms with Crippen molar-refractivity contribution in [3.8, 4) is 0 Å². The van der Waals surface area contributed by atoms with Crippen molar-refractivity contribution in [1.82, 2.24) is 10.6 Å². The Balaban J connectivity index is 1.73. The fourth-order valence-corrected chi connectivity index (χ4v) is 2.84. The van der Waals surface area contributed by atoms with Gasteiger partial charge < -0.3 is 15.4 Å². The Morgan fingerprint density at radius 3 is 2.71 bits per heavy atom. The third kappa shape index (κ3) is 3.60. The third-order valence-corrected chi connectivity index (χ3v) is 3.64. The van der Waals surface area contributed by atoms with Gasteiger partial charge >= 0.3 is 6.09 Å². The lowest BCUT2D eigenvalue weighted by Gasteiger charge is -2.30. The van der Waals surface area contributed by atoms with Gasteiger partial charge in [0.05, 0.1) is 0 Å². The molecule has 2 N–H and O–H groups in total. The van der Waals surface area contributed by atoms with E-state index in [1.54, 1.807) is 0 Å². The summed E-state index contributed by atoms with van der Waals surface area (Å²) in [4.78, 5) is 11.6.